The summed E-state index contributed by atoms with van der Waals surface area (Å²) in [4.78, 5) is 12.3. The molecule has 0 saturated heterocycles. The third-order valence-corrected chi connectivity index (χ3v) is 5.87. The van der Waals surface area contributed by atoms with Crippen molar-refractivity contribution in [2.24, 2.45) is 0 Å². The highest BCUT2D eigenvalue weighted by molar-refractivity contribution is 7.99. The van der Waals surface area contributed by atoms with E-state index in [1.54, 1.807) is 7.11 Å². The first-order chi connectivity index (χ1) is 12.7. The van der Waals surface area contributed by atoms with Crippen molar-refractivity contribution in [2.45, 2.75) is 11.1 Å². The minimum Gasteiger partial charge on any atom is -0.497 e. The summed E-state index contributed by atoms with van der Waals surface area (Å²) in [7, 11) is 3.08. The largest absolute Gasteiger partial charge is 0.497 e. The number of carbonyl (C=O) groups is 1. The van der Waals surface area contributed by atoms with E-state index in [1.807, 2.05) is 60.3 Å². The van der Waals surface area contributed by atoms with E-state index in [1.165, 1.54) is 12.7 Å². The van der Waals surface area contributed by atoms with Crippen molar-refractivity contribution in [3.05, 3.63) is 77.5 Å². The number of fused-ring (bicyclic) bond motifs is 1. The van der Waals surface area contributed by atoms with E-state index in [-0.39, 0.29) is 11.3 Å². The Hall–Kier alpha value is -2.66. The van der Waals surface area contributed by atoms with E-state index in [2.05, 4.69) is 16.7 Å². The second-order valence-corrected chi connectivity index (χ2v) is 7.12. The molecule has 0 unspecified atom stereocenters. The Morgan fingerprint density at radius 1 is 1.08 bits per heavy atom. The Kier molecular flexibility index (Phi) is 4.47. The number of rotatable bonds is 4. The summed E-state index contributed by atoms with van der Waals surface area (Å²) in [6.45, 7) is 0. The SMILES string of the molecule is COC(=O)c1cc(-c2ccc(OC)cc2)n2c1CS[C@@H]2c1ccccc1. The average Bonchev–Trinajstić information content (AvgIpc) is 3.29. The summed E-state index contributed by atoms with van der Waals surface area (Å²) in [6, 6.07) is 20.2. The lowest BCUT2D eigenvalue weighted by atomic mass is 10.1. The second-order valence-electron chi connectivity index (χ2n) is 6.05. The molecule has 0 aliphatic carbocycles. The lowest BCUT2D eigenvalue weighted by Crippen LogP contribution is -2.06. The number of esters is 1. The molecule has 1 atom stereocenters. The maximum Gasteiger partial charge on any atom is 0.339 e. The number of nitrogens with zero attached hydrogens (tertiary/aromatic N) is 1. The van der Waals surface area contributed by atoms with Gasteiger partial charge in [0.2, 0.25) is 0 Å². The Labute approximate surface area is 156 Å². The molecule has 2 heterocycles. The zero-order valence-electron chi connectivity index (χ0n) is 14.6. The zero-order chi connectivity index (χ0) is 18.1. The molecular weight excluding hydrogens is 346 g/mol. The van der Waals surface area contributed by atoms with E-state index >= 15 is 0 Å². The summed E-state index contributed by atoms with van der Waals surface area (Å²) in [5, 5.41) is 0.140. The van der Waals surface area contributed by atoms with E-state index < -0.39 is 0 Å². The molecule has 0 amide bonds. The molecular formula is C21H19NO3S. The van der Waals surface area contributed by atoms with Gasteiger partial charge < -0.3 is 14.0 Å². The number of thioether (sulfide) groups is 1. The molecule has 0 fully saturated rings. The number of hydrogen-bond donors (Lipinski definition) is 0. The van der Waals surface area contributed by atoms with Crippen LogP contribution in [0.25, 0.3) is 11.3 Å². The standard InChI is InChI=1S/C21H19NO3S/c1-24-16-10-8-14(9-11-16)18-12-17(21(23)25-2)19-13-26-20(22(18)19)15-6-4-3-5-7-15/h3-12,20H,13H2,1-2H3/t20-/m1/s1. The predicted molar refractivity (Wildman–Crippen MR) is 104 cm³/mol. The number of carbonyl (C=O) groups excluding carboxylic acids is 1. The summed E-state index contributed by atoms with van der Waals surface area (Å²) < 4.78 is 12.5. The van der Waals surface area contributed by atoms with Gasteiger partial charge in [-0.2, -0.15) is 0 Å². The van der Waals surface area contributed by atoms with Gasteiger partial charge in [-0.1, -0.05) is 30.3 Å². The molecule has 4 rings (SSSR count). The van der Waals surface area contributed by atoms with Gasteiger partial charge in [0.05, 0.1) is 25.5 Å². The molecule has 3 aromatic rings. The molecule has 0 N–H and O–H groups in total. The van der Waals surface area contributed by atoms with Gasteiger partial charge in [-0.15, -0.1) is 11.8 Å². The molecule has 1 aliphatic heterocycles. The van der Waals surface area contributed by atoms with Crippen molar-refractivity contribution in [1.82, 2.24) is 4.57 Å². The van der Waals surface area contributed by atoms with Crippen molar-refractivity contribution in [3.8, 4) is 17.0 Å². The smallest absolute Gasteiger partial charge is 0.339 e. The summed E-state index contributed by atoms with van der Waals surface area (Å²) in [5.74, 6) is 1.30. The molecule has 0 radical (unpaired) electrons. The van der Waals surface area contributed by atoms with Crippen LogP contribution in [-0.4, -0.2) is 24.8 Å². The molecule has 5 heteroatoms. The zero-order valence-corrected chi connectivity index (χ0v) is 15.5. The van der Waals surface area contributed by atoms with Crippen molar-refractivity contribution in [2.75, 3.05) is 14.2 Å². The van der Waals surface area contributed by atoms with E-state index in [4.69, 9.17) is 9.47 Å². The fourth-order valence-electron chi connectivity index (χ4n) is 3.35. The van der Waals surface area contributed by atoms with Crippen LogP contribution >= 0.6 is 11.8 Å². The van der Waals surface area contributed by atoms with E-state index in [0.717, 1.165) is 28.5 Å². The van der Waals surface area contributed by atoms with Crippen LogP contribution in [-0.2, 0) is 10.5 Å². The number of aromatic nitrogens is 1. The van der Waals surface area contributed by atoms with Gasteiger partial charge in [-0.05, 0) is 41.5 Å². The van der Waals surface area contributed by atoms with Gasteiger partial charge in [0, 0.05) is 11.4 Å². The molecule has 132 valence electrons. The summed E-state index contributed by atoms with van der Waals surface area (Å²) in [6.07, 6.45) is 0. The van der Waals surface area contributed by atoms with Gasteiger partial charge >= 0.3 is 5.97 Å². The van der Waals surface area contributed by atoms with Crippen LogP contribution in [0.4, 0.5) is 0 Å². The molecule has 1 aromatic heterocycles. The van der Waals surface area contributed by atoms with Gasteiger partial charge in [0.1, 0.15) is 11.1 Å². The topological polar surface area (TPSA) is 40.5 Å². The third-order valence-electron chi connectivity index (χ3n) is 4.63. The molecule has 2 aromatic carbocycles. The van der Waals surface area contributed by atoms with Crippen molar-refractivity contribution >= 4 is 17.7 Å². The normalized spacial score (nSPS) is 15.5. The Bertz CT molecular complexity index is 932. The quantitative estimate of drug-likeness (QED) is 0.626. The Morgan fingerprint density at radius 2 is 1.81 bits per heavy atom. The number of benzene rings is 2. The highest BCUT2D eigenvalue weighted by Crippen LogP contribution is 2.46. The number of methoxy groups -OCH3 is 2. The minimum absolute atomic E-state index is 0.140. The molecule has 0 bridgehead atoms. The molecule has 26 heavy (non-hydrogen) atoms. The van der Waals surface area contributed by atoms with Crippen LogP contribution in [0.15, 0.2) is 60.7 Å². The van der Waals surface area contributed by atoms with Crippen LogP contribution in [0.1, 0.15) is 27.0 Å². The maximum atomic E-state index is 12.3. The first-order valence-corrected chi connectivity index (χ1v) is 9.41. The number of hydrogen-bond acceptors (Lipinski definition) is 4. The van der Waals surface area contributed by atoms with Crippen molar-refractivity contribution in [1.29, 1.82) is 0 Å². The van der Waals surface area contributed by atoms with Crippen LogP contribution in [0.3, 0.4) is 0 Å². The van der Waals surface area contributed by atoms with Gasteiger partial charge in [-0.3, -0.25) is 0 Å². The van der Waals surface area contributed by atoms with E-state index in [0.29, 0.717) is 5.56 Å². The number of ether oxygens (including phenoxy) is 2. The van der Waals surface area contributed by atoms with Crippen molar-refractivity contribution < 1.29 is 14.3 Å². The van der Waals surface area contributed by atoms with Crippen molar-refractivity contribution in [3.63, 3.8) is 0 Å². The Balaban J connectivity index is 1.87. The van der Waals surface area contributed by atoms with Crippen LogP contribution in [0, 0.1) is 0 Å². The highest BCUT2D eigenvalue weighted by Gasteiger charge is 2.32. The third kappa shape index (κ3) is 2.78. The van der Waals surface area contributed by atoms with E-state index in [9.17, 15) is 4.79 Å². The van der Waals surface area contributed by atoms with Gasteiger partial charge in [-0.25, -0.2) is 4.79 Å². The molecule has 1 aliphatic rings. The lowest BCUT2D eigenvalue weighted by molar-refractivity contribution is 0.0600. The van der Waals surface area contributed by atoms with Crippen LogP contribution < -0.4 is 4.74 Å². The fourth-order valence-corrected chi connectivity index (χ4v) is 4.70. The summed E-state index contributed by atoms with van der Waals surface area (Å²) >= 11 is 1.82. The van der Waals surface area contributed by atoms with Gasteiger partial charge in [0.15, 0.2) is 0 Å². The second kappa shape index (κ2) is 6.92. The van der Waals surface area contributed by atoms with Crippen LogP contribution in [0.2, 0.25) is 0 Å². The first-order valence-electron chi connectivity index (χ1n) is 8.36. The predicted octanol–water partition coefficient (Wildman–Crippen LogP) is 4.74. The van der Waals surface area contributed by atoms with Gasteiger partial charge in [0.25, 0.3) is 0 Å². The first kappa shape index (κ1) is 16.8. The maximum absolute atomic E-state index is 12.3. The minimum atomic E-state index is -0.289. The highest BCUT2D eigenvalue weighted by atomic mass is 32.2. The van der Waals surface area contributed by atoms with Crippen LogP contribution in [0.5, 0.6) is 5.75 Å². The monoisotopic (exact) mass is 365 g/mol. The fraction of sp³-hybridized carbons (Fsp3) is 0.190. The average molecular weight is 365 g/mol. The lowest BCUT2D eigenvalue weighted by Gasteiger charge is -2.17. The summed E-state index contributed by atoms with van der Waals surface area (Å²) in [5.41, 5.74) is 4.94. The Morgan fingerprint density at radius 3 is 2.46 bits per heavy atom. The molecule has 0 spiro atoms. The molecule has 0 saturated carbocycles. The molecule has 4 nitrogen and oxygen atoms in total.